The third kappa shape index (κ3) is 5.31. The zero-order valence-corrected chi connectivity index (χ0v) is 17.4. The van der Waals surface area contributed by atoms with Crippen molar-refractivity contribution in [3.63, 3.8) is 0 Å². The van der Waals surface area contributed by atoms with Gasteiger partial charge in [-0.25, -0.2) is 0 Å². The minimum Gasteiger partial charge on any atom is -0.493 e. The van der Waals surface area contributed by atoms with E-state index < -0.39 is 0 Å². The second-order valence-corrected chi connectivity index (χ2v) is 7.29. The molecule has 0 radical (unpaired) electrons. The van der Waals surface area contributed by atoms with Gasteiger partial charge in [0.05, 0.1) is 21.3 Å². The number of benzene rings is 2. The Kier molecular flexibility index (Phi) is 7.17. The number of amides is 1. The second-order valence-electron chi connectivity index (χ2n) is 7.29. The van der Waals surface area contributed by atoms with Crippen LogP contribution in [0.4, 0.5) is 0 Å². The van der Waals surface area contributed by atoms with Crippen LogP contribution in [0.5, 0.6) is 17.2 Å². The first-order valence-corrected chi connectivity index (χ1v) is 9.95. The summed E-state index contributed by atoms with van der Waals surface area (Å²) in [5.41, 5.74) is 1.96. The number of rotatable bonds is 9. The maximum Gasteiger partial charge on any atom is 0.246 e. The summed E-state index contributed by atoms with van der Waals surface area (Å²) < 4.78 is 16.1. The molecule has 2 aromatic carbocycles. The fraction of sp³-hybridized carbons (Fsp3) is 0.375. The van der Waals surface area contributed by atoms with Crippen LogP contribution in [-0.2, 0) is 11.3 Å². The van der Waals surface area contributed by atoms with Gasteiger partial charge in [0.25, 0.3) is 0 Å². The van der Waals surface area contributed by atoms with Crippen molar-refractivity contribution in [2.45, 2.75) is 25.8 Å². The molecular formula is C24H29NO4. The molecular weight excluding hydrogens is 366 g/mol. The van der Waals surface area contributed by atoms with Gasteiger partial charge in [0.1, 0.15) is 0 Å². The zero-order chi connectivity index (χ0) is 20.6. The van der Waals surface area contributed by atoms with Crippen LogP contribution in [0.25, 0.3) is 6.08 Å². The van der Waals surface area contributed by atoms with E-state index in [4.69, 9.17) is 14.2 Å². The number of carbonyl (C=O) groups is 1. The Morgan fingerprint density at radius 1 is 1.03 bits per heavy atom. The molecule has 3 rings (SSSR count). The number of ether oxygens (including phenoxy) is 3. The molecule has 1 fully saturated rings. The highest BCUT2D eigenvalue weighted by atomic mass is 16.5. The minimum absolute atomic E-state index is 0.00880. The summed E-state index contributed by atoms with van der Waals surface area (Å²) in [5.74, 6) is 2.28. The van der Waals surface area contributed by atoms with Gasteiger partial charge >= 0.3 is 0 Å². The third-order valence-electron chi connectivity index (χ3n) is 5.34. The molecule has 29 heavy (non-hydrogen) atoms. The first-order chi connectivity index (χ1) is 14.1. The number of hydrogen-bond acceptors (Lipinski definition) is 4. The normalized spacial score (nSPS) is 13.8. The molecule has 1 aliphatic carbocycles. The molecule has 5 heteroatoms. The Labute approximate surface area is 172 Å². The van der Waals surface area contributed by atoms with Crippen molar-refractivity contribution in [1.29, 1.82) is 0 Å². The summed E-state index contributed by atoms with van der Waals surface area (Å²) in [7, 11) is 4.73. The smallest absolute Gasteiger partial charge is 0.246 e. The highest BCUT2D eigenvalue weighted by Gasteiger charge is 2.23. The highest BCUT2D eigenvalue weighted by molar-refractivity contribution is 5.92. The molecule has 2 aromatic rings. The van der Waals surface area contributed by atoms with Crippen LogP contribution in [0, 0.1) is 5.92 Å². The van der Waals surface area contributed by atoms with Crippen molar-refractivity contribution in [1.82, 2.24) is 4.90 Å². The molecule has 0 aliphatic heterocycles. The molecule has 0 unspecified atom stereocenters. The quantitative estimate of drug-likeness (QED) is 0.584. The minimum atomic E-state index is 0.00880. The number of methoxy groups -OCH3 is 3. The second kappa shape index (κ2) is 10.0. The largest absolute Gasteiger partial charge is 0.493 e. The summed E-state index contributed by atoms with van der Waals surface area (Å²) in [4.78, 5) is 14.9. The van der Waals surface area contributed by atoms with Gasteiger partial charge in [0, 0.05) is 19.2 Å². The molecule has 0 aromatic heterocycles. The van der Waals surface area contributed by atoms with Crippen LogP contribution in [0.15, 0.2) is 48.5 Å². The molecule has 0 saturated heterocycles. The van der Waals surface area contributed by atoms with Gasteiger partial charge in [-0.15, -0.1) is 0 Å². The Morgan fingerprint density at radius 2 is 1.69 bits per heavy atom. The maximum atomic E-state index is 13.0. The molecule has 0 atom stereocenters. The lowest BCUT2D eigenvalue weighted by molar-refractivity contribution is -0.127. The first kappa shape index (κ1) is 20.8. The van der Waals surface area contributed by atoms with Crippen LogP contribution < -0.4 is 14.2 Å². The summed E-state index contributed by atoms with van der Waals surface area (Å²) in [6, 6.07) is 13.8. The van der Waals surface area contributed by atoms with Crippen LogP contribution >= 0.6 is 0 Å². The van der Waals surface area contributed by atoms with E-state index in [-0.39, 0.29) is 5.91 Å². The monoisotopic (exact) mass is 395 g/mol. The van der Waals surface area contributed by atoms with E-state index in [9.17, 15) is 4.79 Å². The lowest BCUT2D eigenvalue weighted by atomic mass is 9.85. The van der Waals surface area contributed by atoms with Crippen molar-refractivity contribution < 1.29 is 19.0 Å². The summed E-state index contributed by atoms with van der Waals surface area (Å²) in [5, 5.41) is 0. The van der Waals surface area contributed by atoms with Crippen molar-refractivity contribution in [3.8, 4) is 17.2 Å². The fourth-order valence-electron chi connectivity index (χ4n) is 3.49. The van der Waals surface area contributed by atoms with E-state index in [0.29, 0.717) is 29.7 Å². The Morgan fingerprint density at radius 3 is 2.21 bits per heavy atom. The zero-order valence-electron chi connectivity index (χ0n) is 17.4. The van der Waals surface area contributed by atoms with Crippen molar-refractivity contribution in [2.24, 2.45) is 5.92 Å². The van der Waals surface area contributed by atoms with Crippen molar-refractivity contribution in [2.75, 3.05) is 27.9 Å². The van der Waals surface area contributed by atoms with E-state index in [0.717, 1.165) is 17.7 Å². The molecule has 0 N–H and O–H groups in total. The highest BCUT2D eigenvalue weighted by Crippen LogP contribution is 2.38. The average molecular weight is 395 g/mol. The van der Waals surface area contributed by atoms with E-state index in [1.54, 1.807) is 33.5 Å². The van der Waals surface area contributed by atoms with Gasteiger partial charge in [0.15, 0.2) is 11.5 Å². The Hall–Kier alpha value is -2.95. The maximum absolute atomic E-state index is 13.0. The summed E-state index contributed by atoms with van der Waals surface area (Å²) in [6.07, 6.45) is 7.09. The topological polar surface area (TPSA) is 48.0 Å². The molecule has 0 bridgehead atoms. The van der Waals surface area contributed by atoms with Gasteiger partial charge in [-0.3, -0.25) is 4.79 Å². The average Bonchev–Trinajstić information content (AvgIpc) is 2.73. The summed E-state index contributed by atoms with van der Waals surface area (Å²) >= 11 is 0. The first-order valence-electron chi connectivity index (χ1n) is 9.95. The Balaban J connectivity index is 1.78. The molecule has 5 nitrogen and oxygen atoms in total. The van der Waals surface area contributed by atoms with Crippen molar-refractivity contribution in [3.05, 3.63) is 59.7 Å². The van der Waals surface area contributed by atoms with Gasteiger partial charge in [-0.05, 0) is 48.1 Å². The number of nitrogens with zero attached hydrogens (tertiary/aromatic N) is 1. The van der Waals surface area contributed by atoms with Crippen LogP contribution in [0.1, 0.15) is 30.4 Å². The van der Waals surface area contributed by atoms with E-state index >= 15 is 0 Å². The van der Waals surface area contributed by atoms with Gasteiger partial charge in [0.2, 0.25) is 11.7 Å². The molecule has 0 heterocycles. The van der Waals surface area contributed by atoms with Crippen molar-refractivity contribution >= 4 is 12.0 Å². The molecule has 1 amide bonds. The third-order valence-corrected chi connectivity index (χ3v) is 5.34. The van der Waals surface area contributed by atoms with Gasteiger partial charge in [-0.1, -0.05) is 36.8 Å². The van der Waals surface area contributed by atoms with Gasteiger partial charge < -0.3 is 19.1 Å². The predicted octanol–water partition coefficient (Wildman–Crippen LogP) is 4.55. The fourth-order valence-corrected chi connectivity index (χ4v) is 3.49. The summed E-state index contributed by atoms with van der Waals surface area (Å²) in [6.45, 7) is 1.42. The predicted molar refractivity (Wildman–Crippen MR) is 114 cm³/mol. The van der Waals surface area contributed by atoms with E-state index in [1.165, 1.54) is 19.3 Å². The van der Waals surface area contributed by atoms with Crippen LogP contribution in [-0.4, -0.2) is 38.7 Å². The van der Waals surface area contributed by atoms with E-state index in [1.807, 2.05) is 35.2 Å². The Bertz CT molecular complexity index is 818. The molecule has 154 valence electrons. The molecule has 1 saturated carbocycles. The number of carbonyl (C=O) groups excluding carboxylic acids is 1. The number of hydrogen-bond donors (Lipinski definition) is 0. The van der Waals surface area contributed by atoms with Gasteiger partial charge in [-0.2, -0.15) is 0 Å². The standard InChI is InChI=1S/C24H29NO4/c1-27-21-14-20(15-22(28-2)24(21)29-3)12-13-23(26)25(17-19-10-7-11-19)16-18-8-5-4-6-9-18/h4-6,8-9,12-15,19H,7,10-11,16-17H2,1-3H3/b13-12+. The van der Waals surface area contributed by atoms with E-state index in [2.05, 4.69) is 12.1 Å². The van der Waals surface area contributed by atoms with Crippen LogP contribution in [0.3, 0.4) is 0 Å². The lowest BCUT2D eigenvalue weighted by Gasteiger charge is -2.32. The molecule has 0 spiro atoms. The SMILES string of the molecule is COc1cc(/C=C/C(=O)N(Cc2ccccc2)CC2CCC2)cc(OC)c1OC. The lowest BCUT2D eigenvalue weighted by Crippen LogP contribution is -2.36. The van der Waals surface area contributed by atoms with Crippen LogP contribution in [0.2, 0.25) is 0 Å². The molecule has 1 aliphatic rings.